The zero-order valence-corrected chi connectivity index (χ0v) is 16.3. The summed E-state index contributed by atoms with van der Waals surface area (Å²) in [6, 6.07) is 12.5. The number of amides is 1. The Balaban J connectivity index is 2.14. The molecular weight excluding hydrogens is 352 g/mol. The van der Waals surface area contributed by atoms with Crippen molar-refractivity contribution in [2.24, 2.45) is 0 Å². The first-order valence-corrected chi connectivity index (χ1v) is 9.72. The van der Waals surface area contributed by atoms with Crippen molar-refractivity contribution in [3.05, 3.63) is 53.6 Å². The first-order chi connectivity index (χ1) is 12.2. The highest BCUT2D eigenvalue weighted by molar-refractivity contribution is 7.89. The van der Waals surface area contributed by atoms with Crippen LogP contribution in [-0.2, 0) is 14.8 Å². The third-order valence-corrected chi connectivity index (χ3v) is 5.41. The van der Waals surface area contributed by atoms with Gasteiger partial charge in [0.15, 0.2) is 0 Å². The second-order valence-electron chi connectivity index (χ2n) is 6.06. The van der Waals surface area contributed by atoms with Gasteiger partial charge in [-0.05, 0) is 49.2 Å². The number of sulfonamides is 1. The van der Waals surface area contributed by atoms with Crippen molar-refractivity contribution in [3.63, 3.8) is 0 Å². The van der Waals surface area contributed by atoms with Crippen molar-refractivity contribution in [1.82, 2.24) is 4.72 Å². The van der Waals surface area contributed by atoms with Gasteiger partial charge in [0.1, 0.15) is 10.6 Å². The molecule has 1 amide bonds. The molecule has 0 bridgehead atoms. The number of carbonyl (C=O) groups is 1. The molecule has 2 aromatic carbocycles. The summed E-state index contributed by atoms with van der Waals surface area (Å²) in [6.45, 7) is 5.53. The van der Waals surface area contributed by atoms with Crippen molar-refractivity contribution in [3.8, 4) is 5.75 Å². The first-order valence-electron chi connectivity index (χ1n) is 8.23. The van der Waals surface area contributed by atoms with E-state index in [0.717, 1.165) is 16.8 Å². The molecule has 2 aromatic rings. The van der Waals surface area contributed by atoms with Crippen LogP contribution in [0.4, 0.5) is 5.69 Å². The SMILES string of the molecule is COc1ccc(C)cc1S(=O)(=O)NCCN(C(C)=O)c1cccc(C)c1. The zero-order valence-electron chi connectivity index (χ0n) is 15.4. The molecule has 0 heterocycles. The lowest BCUT2D eigenvalue weighted by Crippen LogP contribution is -2.37. The van der Waals surface area contributed by atoms with Crippen LogP contribution in [0.3, 0.4) is 0 Å². The van der Waals surface area contributed by atoms with Crippen LogP contribution in [0.15, 0.2) is 47.4 Å². The molecule has 0 atom stereocenters. The van der Waals surface area contributed by atoms with E-state index in [9.17, 15) is 13.2 Å². The highest BCUT2D eigenvalue weighted by Gasteiger charge is 2.20. The number of nitrogens with zero attached hydrogens (tertiary/aromatic N) is 1. The van der Waals surface area contributed by atoms with Gasteiger partial charge in [0.2, 0.25) is 15.9 Å². The second kappa shape index (κ2) is 8.33. The van der Waals surface area contributed by atoms with E-state index in [1.165, 1.54) is 14.0 Å². The molecule has 1 N–H and O–H groups in total. The van der Waals surface area contributed by atoms with E-state index in [2.05, 4.69) is 4.72 Å². The summed E-state index contributed by atoms with van der Waals surface area (Å²) < 4.78 is 32.9. The molecule has 6 nitrogen and oxygen atoms in total. The van der Waals surface area contributed by atoms with Gasteiger partial charge in [0.05, 0.1) is 7.11 Å². The standard InChI is InChI=1S/C19H24N2O4S/c1-14-6-5-7-17(12-14)21(16(3)22)11-10-20-26(23,24)19-13-15(2)8-9-18(19)25-4/h5-9,12-13,20H,10-11H2,1-4H3. The Morgan fingerprint density at radius 3 is 2.42 bits per heavy atom. The lowest BCUT2D eigenvalue weighted by Gasteiger charge is -2.22. The molecule has 0 fully saturated rings. The highest BCUT2D eigenvalue weighted by atomic mass is 32.2. The zero-order chi connectivity index (χ0) is 19.3. The maximum absolute atomic E-state index is 12.6. The van der Waals surface area contributed by atoms with Gasteiger partial charge in [-0.3, -0.25) is 4.79 Å². The Bertz CT molecular complexity index is 894. The fraction of sp³-hybridized carbons (Fsp3) is 0.316. The van der Waals surface area contributed by atoms with Crippen molar-refractivity contribution in [2.75, 3.05) is 25.1 Å². The topological polar surface area (TPSA) is 75.7 Å². The summed E-state index contributed by atoms with van der Waals surface area (Å²) in [5.74, 6) is 0.133. The summed E-state index contributed by atoms with van der Waals surface area (Å²) in [7, 11) is -2.32. The number of rotatable bonds is 7. The third-order valence-electron chi connectivity index (χ3n) is 3.93. The molecule has 0 aromatic heterocycles. The molecule has 0 saturated heterocycles. The third kappa shape index (κ3) is 4.83. The molecule has 0 aliphatic carbocycles. The number of aryl methyl sites for hydroxylation is 2. The monoisotopic (exact) mass is 376 g/mol. The van der Waals surface area contributed by atoms with Crippen LogP contribution in [-0.4, -0.2) is 34.5 Å². The van der Waals surface area contributed by atoms with E-state index in [0.29, 0.717) is 0 Å². The summed E-state index contributed by atoms with van der Waals surface area (Å²) in [5, 5.41) is 0. The second-order valence-corrected chi connectivity index (χ2v) is 7.80. The van der Waals surface area contributed by atoms with Crippen LogP contribution in [0.1, 0.15) is 18.1 Å². The molecule has 0 aliphatic rings. The summed E-state index contributed by atoms with van der Waals surface area (Å²) in [6.07, 6.45) is 0. The van der Waals surface area contributed by atoms with E-state index < -0.39 is 10.0 Å². The number of ether oxygens (including phenoxy) is 1. The minimum absolute atomic E-state index is 0.0879. The average Bonchev–Trinajstić information content (AvgIpc) is 2.58. The summed E-state index contributed by atoms with van der Waals surface area (Å²) >= 11 is 0. The average molecular weight is 376 g/mol. The number of anilines is 1. The fourth-order valence-electron chi connectivity index (χ4n) is 2.63. The van der Waals surface area contributed by atoms with Crippen LogP contribution in [0.2, 0.25) is 0 Å². The van der Waals surface area contributed by atoms with Gasteiger partial charge in [-0.25, -0.2) is 13.1 Å². The Hall–Kier alpha value is -2.38. The van der Waals surface area contributed by atoms with Gasteiger partial charge in [-0.15, -0.1) is 0 Å². The molecule has 26 heavy (non-hydrogen) atoms. The van der Waals surface area contributed by atoms with Crippen LogP contribution in [0.25, 0.3) is 0 Å². The maximum Gasteiger partial charge on any atom is 0.244 e. The number of carbonyl (C=O) groups excluding carboxylic acids is 1. The smallest absolute Gasteiger partial charge is 0.244 e. The summed E-state index contributed by atoms with van der Waals surface area (Å²) in [4.78, 5) is 13.6. The lowest BCUT2D eigenvalue weighted by molar-refractivity contribution is -0.116. The van der Waals surface area contributed by atoms with Gasteiger partial charge >= 0.3 is 0 Å². The van der Waals surface area contributed by atoms with Gasteiger partial charge in [-0.2, -0.15) is 0 Å². The van der Waals surface area contributed by atoms with Gasteiger partial charge in [0.25, 0.3) is 0 Å². The Morgan fingerprint density at radius 2 is 1.81 bits per heavy atom. The molecular formula is C19H24N2O4S. The predicted octanol–water partition coefficient (Wildman–Crippen LogP) is 2.64. The largest absolute Gasteiger partial charge is 0.495 e. The molecule has 0 spiro atoms. The van der Waals surface area contributed by atoms with Crippen molar-refractivity contribution in [1.29, 1.82) is 0 Å². The highest BCUT2D eigenvalue weighted by Crippen LogP contribution is 2.24. The molecule has 140 valence electrons. The van der Waals surface area contributed by atoms with Crippen molar-refractivity contribution in [2.45, 2.75) is 25.7 Å². The Kier molecular flexibility index (Phi) is 6.39. The van der Waals surface area contributed by atoms with Gasteiger partial charge < -0.3 is 9.64 Å². The summed E-state index contributed by atoms with van der Waals surface area (Å²) in [5.41, 5.74) is 2.58. The number of benzene rings is 2. The fourth-order valence-corrected chi connectivity index (χ4v) is 3.90. The molecule has 2 rings (SSSR count). The lowest BCUT2D eigenvalue weighted by atomic mass is 10.2. The molecule has 0 saturated carbocycles. The predicted molar refractivity (Wildman–Crippen MR) is 102 cm³/mol. The van der Waals surface area contributed by atoms with E-state index in [1.54, 1.807) is 23.1 Å². The number of hydrogen-bond acceptors (Lipinski definition) is 4. The van der Waals surface area contributed by atoms with Crippen molar-refractivity contribution < 1.29 is 17.9 Å². The van der Waals surface area contributed by atoms with E-state index in [-0.39, 0.29) is 29.6 Å². The van der Waals surface area contributed by atoms with Crippen LogP contribution >= 0.6 is 0 Å². The quantitative estimate of drug-likeness (QED) is 0.806. The minimum atomic E-state index is -3.75. The van der Waals surface area contributed by atoms with E-state index in [1.807, 2.05) is 38.1 Å². The van der Waals surface area contributed by atoms with E-state index >= 15 is 0 Å². The van der Waals surface area contributed by atoms with Gasteiger partial charge in [-0.1, -0.05) is 18.2 Å². The Labute approximate surface area is 154 Å². The molecule has 0 radical (unpaired) electrons. The van der Waals surface area contributed by atoms with Crippen LogP contribution in [0.5, 0.6) is 5.75 Å². The Morgan fingerprint density at radius 1 is 1.12 bits per heavy atom. The normalized spacial score (nSPS) is 11.2. The van der Waals surface area contributed by atoms with Gasteiger partial charge in [0, 0.05) is 25.7 Å². The van der Waals surface area contributed by atoms with Crippen LogP contribution < -0.4 is 14.4 Å². The maximum atomic E-state index is 12.6. The number of nitrogens with one attached hydrogen (secondary N) is 1. The molecule has 7 heteroatoms. The van der Waals surface area contributed by atoms with E-state index in [4.69, 9.17) is 4.74 Å². The first kappa shape index (κ1) is 19.9. The van der Waals surface area contributed by atoms with Crippen LogP contribution in [0, 0.1) is 13.8 Å². The minimum Gasteiger partial charge on any atom is -0.495 e. The molecule has 0 unspecified atom stereocenters. The number of hydrogen-bond donors (Lipinski definition) is 1. The van der Waals surface area contributed by atoms with Crippen molar-refractivity contribution >= 4 is 21.6 Å². The number of methoxy groups -OCH3 is 1. The molecule has 0 aliphatic heterocycles.